The van der Waals surface area contributed by atoms with E-state index in [0.717, 1.165) is 4.90 Å². The molecule has 18 heavy (non-hydrogen) atoms. The van der Waals surface area contributed by atoms with E-state index in [1.807, 2.05) is 30.3 Å². The highest BCUT2D eigenvalue weighted by molar-refractivity contribution is 8.03. The number of hydrogen-bond acceptors (Lipinski definition) is 3. The minimum absolute atomic E-state index is 0.0952. The summed E-state index contributed by atoms with van der Waals surface area (Å²) < 4.78 is 0. The second-order valence-electron chi connectivity index (χ2n) is 4.08. The summed E-state index contributed by atoms with van der Waals surface area (Å²) in [6, 6.07) is 9.68. The van der Waals surface area contributed by atoms with Crippen LogP contribution in [0, 0.1) is 0 Å². The number of hydrogen-bond donors (Lipinski definition) is 1. The molecule has 1 aromatic carbocycles. The summed E-state index contributed by atoms with van der Waals surface area (Å²) in [5, 5.41) is 10.5. The van der Waals surface area contributed by atoms with Crippen molar-refractivity contribution in [1.82, 2.24) is 0 Å². The summed E-state index contributed by atoms with van der Waals surface area (Å²) in [6.45, 7) is 3.65. The highest BCUT2D eigenvalue weighted by atomic mass is 32.2. The summed E-state index contributed by atoms with van der Waals surface area (Å²) in [5.74, 6) is -0.0952. The van der Waals surface area contributed by atoms with E-state index in [9.17, 15) is 9.90 Å². The van der Waals surface area contributed by atoms with Crippen molar-refractivity contribution in [2.24, 2.45) is 0 Å². The van der Waals surface area contributed by atoms with Crippen molar-refractivity contribution >= 4 is 17.5 Å². The smallest absolute Gasteiger partial charge is 0.179 e. The van der Waals surface area contributed by atoms with Crippen LogP contribution in [0.15, 0.2) is 71.0 Å². The van der Waals surface area contributed by atoms with Crippen LogP contribution >= 0.6 is 11.8 Å². The molecule has 1 aromatic rings. The van der Waals surface area contributed by atoms with Crippen LogP contribution in [0.2, 0.25) is 0 Å². The van der Waals surface area contributed by atoms with Crippen LogP contribution in [0.3, 0.4) is 0 Å². The molecule has 2 rings (SSSR count). The minimum atomic E-state index is -1.11. The average molecular weight is 258 g/mol. The molecule has 0 fully saturated rings. The number of allylic oxidation sites excluding steroid dienone is 2. The number of benzene rings is 1. The molecule has 0 saturated carbocycles. The second kappa shape index (κ2) is 5.38. The van der Waals surface area contributed by atoms with Gasteiger partial charge in [-0.15, -0.1) is 6.58 Å². The molecule has 0 aliphatic heterocycles. The van der Waals surface area contributed by atoms with Gasteiger partial charge < -0.3 is 5.11 Å². The number of rotatable bonds is 4. The lowest BCUT2D eigenvalue weighted by Gasteiger charge is -2.28. The number of carbonyl (C=O) groups is 1. The second-order valence-corrected chi connectivity index (χ2v) is 5.19. The number of thioether (sulfide) groups is 1. The van der Waals surface area contributed by atoms with Crippen LogP contribution in [0.1, 0.15) is 6.42 Å². The van der Waals surface area contributed by atoms with Gasteiger partial charge in [0.15, 0.2) is 5.78 Å². The van der Waals surface area contributed by atoms with Crippen molar-refractivity contribution in [2.75, 3.05) is 0 Å². The summed E-state index contributed by atoms with van der Waals surface area (Å²) in [5.41, 5.74) is -1.11. The number of ketones is 1. The lowest BCUT2D eigenvalue weighted by molar-refractivity contribution is -0.110. The first-order valence-electron chi connectivity index (χ1n) is 5.65. The first-order valence-corrected chi connectivity index (χ1v) is 6.47. The maximum Gasteiger partial charge on any atom is 0.179 e. The quantitative estimate of drug-likeness (QED) is 0.843. The Bertz CT molecular complexity index is 517. The van der Waals surface area contributed by atoms with Crippen molar-refractivity contribution in [1.29, 1.82) is 0 Å². The molecule has 1 N–H and O–H groups in total. The zero-order chi connectivity index (χ0) is 13.0. The normalized spacial score (nSPS) is 22.7. The molecule has 0 saturated heterocycles. The Morgan fingerprint density at radius 3 is 2.72 bits per heavy atom. The molecule has 2 nitrogen and oxygen atoms in total. The van der Waals surface area contributed by atoms with Gasteiger partial charge in [0.2, 0.25) is 0 Å². The third-order valence-electron chi connectivity index (χ3n) is 2.65. The molecule has 1 aliphatic carbocycles. The first-order chi connectivity index (χ1) is 8.64. The van der Waals surface area contributed by atoms with E-state index in [2.05, 4.69) is 6.58 Å². The minimum Gasteiger partial charge on any atom is -0.380 e. The van der Waals surface area contributed by atoms with Crippen LogP contribution in [0.25, 0.3) is 0 Å². The third kappa shape index (κ3) is 2.81. The van der Waals surface area contributed by atoms with E-state index < -0.39 is 5.60 Å². The summed E-state index contributed by atoms with van der Waals surface area (Å²) in [7, 11) is 0. The first kappa shape index (κ1) is 12.9. The average Bonchev–Trinajstić information content (AvgIpc) is 2.36. The molecule has 1 atom stereocenters. The molecule has 0 aromatic heterocycles. The van der Waals surface area contributed by atoms with E-state index in [-0.39, 0.29) is 5.78 Å². The molecular weight excluding hydrogens is 244 g/mol. The van der Waals surface area contributed by atoms with Crippen molar-refractivity contribution in [3.63, 3.8) is 0 Å². The monoisotopic (exact) mass is 258 g/mol. The van der Waals surface area contributed by atoms with Gasteiger partial charge in [0, 0.05) is 16.2 Å². The summed E-state index contributed by atoms with van der Waals surface area (Å²) >= 11 is 1.41. The molecule has 92 valence electrons. The van der Waals surface area contributed by atoms with E-state index in [0.29, 0.717) is 11.3 Å². The third-order valence-corrected chi connectivity index (χ3v) is 3.85. The standard InChI is InChI=1S/C15H14O2S/c1-2-9-15(17)10-8-12(16)11-14(15)18-13-6-4-3-5-7-13/h2-8,10-11,17H,1,9H2. The molecule has 0 heterocycles. The van der Waals surface area contributed by atoms with Gasteiger partial charge in [-0.3, -0.25) is 4.79 Å². The molecule has 0 spiro atoms. The lowest BCUT2D eigenvalue weighted by atomic mass is 9.94. The topological polar surface area (TPSA) is 37.3 Å². The Balaban J connectivity index is 2.28. The van der Waals surface area contributed by atoms with Crippen LogP contribution in [-0.4, -0.2) is 16.5 Å². The van der Waals surface area contributed by atoms with Gasteiger partial charge >= 0.3 is 0 Å². The number of carbonyl (C=O) groups excluding carboxylic acids is 1. The van der Waals surface area contributed by atoms with Crippen molar-refractivity contribution in [2.45, 2.75) is 16.9 Å². The maximum absolute atomic E-state index is 11.4. The lowest BCUT2D eigenvalue weighted by Crippen LogP contribution is -2.29. The predicted molar refractivity (Wildman–Crippen MR) is 74.3 cm³/mol. The maximum atomic E-state index is 11.4. The Labute approximate surface area is 111 Å². The van der Waals surface area contributed by atoms with E-state index in [4.69, 9.17) is 0 Å². The van der Waals surface area contributed by atoms with Crippen molar-refractivity contribution in [3.8, 4) is 0 Å². The van der Waals surface area contributed by atoms with E-state index >= 15 is 0 Å². The summed E-state index contributed by atoms with van der Waals surface area (Å²) in [6.07, 6.45) is 6.48. The molecular formula is C15H14O2S. The SMILES string of the molecule is C=CCC1(O)C=CC(=O)C=C1Sc1ccccc1. The van der Waals surface area contributed by atoms with Gasteiger partial charge in [-0.1, -0.05) is 36.0 Å². The zero-order valence-electron chi connectivity index (χ0n) is 9.87. The fourth-order valence-electron chi connectivity index (χ4n) is 1.73. The van der Waals surface area contributed by atoms with E-state index in [1.54, 1.807) is 12.2 Å². The van der Waals surface area contributed by atoms with Gasteiger partial charge in [-0.2, -0.15) is 0 Å². The predicted octanol–water partition coefficient (Wildman–Crippen LogP) is 3.11. The largest absolute Gasteiger partial charge is 0.380 e. The fourth-order valence-corrected chi connectivity index (χ4v) is 2.78. The molecule has 1 unspecified atom stereocenters. The van der Waals surface area contributed by atoms with Gasteiger partial charge in [-0.25, -0.2) is 0 Å². The van der Waals surface area contributed by atoms with Gasteiger partial charge in [-0.05, 0) is 30.4 Å². The van der Waals surface area contributed by atoms with Crippen LogP contribution in [-0.2, 0) is 4.79 Å². The Kier molecular flexibility index (Phi) is 3.84. The van der Waals surface area contributed by atoms with Crippen molar-refractivity contribution < 1.29 is 9.90 Å². The highest BCUT2D eigenvalue weighted by Crippen LogP contribution is 2.38. The molecule has 0 bridgehead atoms. The zero-order valence-corrected chi connectivity index (χ0v) is 10.7. The van der Waals surface area contributed by atoms with Gasteiger partial charge in [0.05, 0.1) is 0 Å². The molecule has 3 heteroatoms. The molecule has 0 amide bonds. The Hall–Kier alpha value is -1.58. The fraction of sp³-hybridized carbons (Fsp3) is 0.133. The highest BCUT2D eigenvalue weighted by Gasteiger charge is 2.31. The Morgan fingerprint density at radius 2 is 2.06 bits per heavy atom. The van der Waals surface area contributed by atoms with Crippen LogP contribution in [0.4, 0.5) is 0 Å². The van der Waals surface area contributed by atoms with Crippen molar-refractivity contribution in [3.05, 3.63) is 66.1 Å². The summed E-state index contributed by atoms with van der Waals surface area (Å²) in [4.78, 5) is 13.1. The van der Waals surface area contributed by atoms with Crippen LogP contribution in [0.5, 0.6) is 0 Å². The number of aliphatic hydroxyl groups is 1. The van der Waals surface area contributed by atoms with Gasteiger partial charge in [0.25, 0.3) is 0 Å². The molecule has 1 aliphatic rings. The van der Waals surface area contributed by atoms with Gasteiger partial charge in [0.1, 0.15) is 5.60 Å². The molecule has 0 radical (unpaired) electrons. The van der Waals surface area contributed by atoms with Crippen LogP contribution < -0.4 is 0 Å². The van der Waals surface area contributed by atoms with E-state index in [1.165, 1.54) is 23.9 Å². The Morgan fingerprint density at radius 1 is 1.33 bits per heavy atom.